The summed E-state index contributed by atoms with van der Waals surface area (Å²) >= 11 is 0. The molecule has 2 heterocycles. The van der Waals surface area contributed by atoms with Crippen LogP contribution in [0.1, 0.15) is 22.9 Å². The molecule has 1 aliphatic heterocycles. The van der Waals surface area contributed by atoms with Crippen molar-refractivity contribution in [3.8, 4) is 0 Å². The summed E-state index contributed by atoms with van der Waals surface area (Å²) in [6.45, 7) is 2.59. The van der Waals surface area contributed by atoms with Crippen molar-refractivity contribution in [1.29, 1.82) is 0 Å². The molecule has 2 aromatic rings. The van der Waals surface area contributed by atoms with Gasteiger partial charge in [0, 0.05) is 31.2 Å². The number of carbonyl (C=O) groups excluding carboxylic acids is 1. The van der Waals surface area contributed by atoms with Gasteiger partial charge in [-0.3, -0.25) is 4.79 Å². The van der Waals surface area contributed by atoms with E-state index in [1.54, 1.807) is 11.0 Å². The molecule has 2 fully saturated rings. The molecule has 2 aliphatic rings. The predicted molar refractivity (Wildman–Crippen MR) is 89.7 cm³/mol. The van der Waals surface area contributed by atoms with Crippen molar-refractivity contribution < 1.29 is 19.5 Å². The average Bonchev–Trinajstić information content (AvgIpc) is 2.86. The summed E-state index contributed by atoms with van der Waals surface area (Å²) in [5, 5.41) is 24.3. The van der Waals surface area contributed by atoms with Gasteiger partial charge in [0.15, 0.2) is 0 Å². The van der Waals surface area contributed by atoms with E-state index in [0.29, 0.717) is 18.8 Å². The summed E-state index contributed by atoms with van der Waals surface area (Å²) in [7, 11) is 0. The minimum absolute atomic E-state index is 0.0138. The minimum atomic E-state index is -0.629. The fraction of sp³-hybridized carbons (Fsp3) is 0.474. The largest absolute Gasteiger partial charge is 0.396 e. The summed E-state index contributed by atoms with van der Waals surface area (Å²) in [6, 6.07) is 11.7. The Morgan fingerprint density at radius 2 is 2.16 bits per heavy atom. The zero-order valence-corrected chi connectivity index (χ0v) is 14.1. The van der Waals surface area contributed by atoms with E-state index < -0.39 is 11.5 Å². The number of rotatable bonds is 4. The molecular weight excluding hydrogens is 320 g/mol. The zero-order valence-electron chi connectivity index (χ0n) is 14.1. The van der Waals surface area contributed by atoms with E-state index >= 15 is 0 Å². The molecular formula is C19H22N2O4. The fourth-order valence-corrected chi connectivity index (χ4v) is 4.52. The van der Waals surface area contributed by atoms with Crippen molar-refractivity contribution >= 4 is 5.91 Å². The monoisotopic (exact) mass is 342 g/mol. The van der Waals surface area contributed by atoms with Crippen LogP contribution in [0.15, 0.2) is 40.9 Å². The van der Waals surface area contributed by atoms with Gasteiger partial charge in [-0.15, -0.1) is 0 Å². The van der Waals surface area contributed by atoms with Gasteiger partial charge in [-0.2, -0.15) is 0 Å². The second-order valence-corrected chi connectivity index (χ2v) is 7.19. The summed E-state index contributed by atoms with van der Waals surface area (Å²) in [5.41, 5.74) is 1.41. The lowest BCUT2D eigenvalue weighted by Gasteiger charge is -2.16. The lowest BCUT2D eigenvalue weighted by atomic mass is 9.95. The number of nitrogens with zero attached hydrogens (tertiary/aromatic N) is 2. The molecule has 0 unspecified atom stereocenters. The van der Waals surface area contributed by atoms with Crippen molar-refractivity contribution in [3.63, 3.8) is 0 Å². The zero-order chi connectivity index (χ0) is 17.6. The first-order valence-corrected chi connectivity index (χ1v) is 8.60. The Balaban J connectivity index is 1.52. The third-order valence-electron chi connectivity index (χ3n) is 5.75. The lowest BCUT2D eigenvalue weighted by molar-refractivity contribution is -0.130. The van der Waals surface area contributed by atoms with E-state index in [0.717, 1.165) is 11.3 Å². The highest BCUT2D eigenvalue weighted by atomic mass is 16.5. The van der Waals surface area contributed by atoms with Gasteiger partial charge in [0.1, 0.15) is 5.76 Å². The van der Waals surface area contributed by atoms with Gasteiger partial charge >= 0.3 is 0 Å². The number of aryl methyl sites for hydroxylation is 1. The second kappa shape index (κ2) is 5.97. The molecule has 0 bridgehead atoms. The minimum Gasteiger partial charge on any atom is -0.396 e. The van der Waals surface area contributed by atoms with Crippen LogP contribution in [0.3, 0.4) is 0 Å². The van der Waals surface area contributed by atoms with Gasteiger partial charge in [-0.1, -0.05) is 35.5 Å². The molecule has 6 nitrogen and oxygen atoms in total. The molecule has 1 spiro atoms. The van der Waals surface area contributed by atoms with Crippen LogP contribution >= 0.6 is 0 Å². The van der Waals surface area contributed by atoms with Crippen molar-refractivity contribution in [2.24, 2.45) is 11.3 Å². The highest BCUT2D eigenvalue weighted by molar-refractivity contribution is 5.79. The predicted octanol–water partition coefficient (Wildman–Crippen LogP) is 1.12. The molecule has 1 saturated heterocycles. The van der Waals surface area contributed by atoms with Crippen molar-refractivity contribution in [2.45, 2.75) is 25.4 Å². The van der Waals surface area contributed by atoms with E-state index in [4.69, 9.17) is 4.52 Å². The van der Waals surface area contributed by atoms with E-state index in [1.807, 2.05) is 37.3 Å². The molecule has 4 rings (SSSR count). The number of β-amino-alcohol motifs (C(OH)–C–C–N with tert-alkyl or cyclic N) is 1. The molecule has 25 heavy (non-hydrogen) atoms. The number of benzene rings is 1. The second-order valence-electron chi connectivity index (χ2n) is 7.19. The van der Waals surface area contributed by atoms with Crippen LogP contribution in [0.4, 0.5) is 0 Å². The quantitative estimate of drug-likeness (QED) is 0.869. The summed E-state index contributed by atoms with van der Waals surface area (Å²) < 4.78 is 5.12. The van der Waals surface area contributed by atoms with Crippen molar-refractivity contribution in [2.75, 3.05) is 19.7 Å². The van der Waals surface area contributed by atoms with E-state index in [2.05, 4.69) is 5.16 Å². The maximum absolute atomic E-state index is 12.6. The molecule has 1 aliphatic carbocycles. The average molecular weight is 342 g/mol. The molecule has 1 aromatic heterocycles. The number of hydrogen-bond acceptors (Lipinski definition) is 5. The summed E-state index contributed by atoms with van der Waals surface area (Å²) in [6.07, 6.45) is -0.487. The normalized spacial score (nSPS) is 30.8. The highest BCUT2D eigenvalue weighted by Gasteiger charge is 2.71. The summed E-state index contributed by atoms with van der Waals surface area (Å²) in [5.74, 6) is 0.517. The number of likely N-dealkylation sites (tertiary alicyclic amines) is 1. The molecule has 4 atom stereocenters. The number of amides is 1. The van der Waals surface area contributed by atoms with Crippen LogP contribution in [0.25, 0.3) is 0 Å². The molecule has 1 amide bonds. The number of aliphatic hydroxyl groups is 2. The Kier molecular flexibility index (Phi) is 3.89. The van der Waals surface area contributed by atoms with Gasteiger partial charge < -0.3 is 19.6 Å². The van der Waals surface area contributed by atoms with Crippen molar-refractivity contribution in [1.82, 2.24) is 10.1 Å². The molecule has 132 valence electrons. The SMILES string of the molecule is Cc1cc(CC(=O)N2C[C@@H](O)[C@@]3(C2)[C@H](CO)[C@H]3c2ccccc2)on1. The first-order chi connectivity index (χ1) is 12.1. The molecule has 1 saturated carbocycles. The van der Waals surface area contributed by atoms with Gasteiger partial charge in [0.05, 0.1) is 18.2 Å². The molecule has 6 heteroatoms. The Hall–Kier alpha value is -2.18. The number of carbonyl (C=O) groups is 1. The highest BCUT2D eigenvalue weighted by Crippen LogP contribution is 2.68. The van der Waals surface area contributed by atoms with Crippen LogP contribution in [-0.2, 0) is 11.2 Å². The van der Waals surface area contributed by atoms with Crippen LogP contribution < -0.4 is 0 Å². The Labute approximate surface area is 146 Å². The topological polar surface area (TPSA) is 86.8 Å². The Morgan fingerprint density at radius 3 is 2.80 bits per heavy atom. The van der Waals surface area contributed by atoms with Crippen LogP contribution in [0, 0.1) is 18.3 Å². The smallest absolute Gasteiger partial charge is 0.230 e. The lowest BCUT2D eigenvalue weighted by Crippen LogP contribution is -2.31. The van der Waals surface area contributed by atoms with Crippen LogP contribution in [-0.4, -0.2) is 52.0 Å². The van der Waals surface area contributed by atoms with Crippen LogP contribution in [0.2, 0.25) is 0 Å². The fourth-order valence-electron chi connectivity index (χ4n) is 4.52. The van der Waals surface area contributed by atoms with E-state index in [-0.39, 0.29) is 30.8 Å². The first-order valence-electron chi connectivity index (χ1n) is 8.60. The van der Waals surface area contributed by atoms with E-state index in [9.17, 15) is 15.0 Å². The third kappa shape index (κ3) is 2.56. The molecule has 0 radical (unpaired) electrons. The maximum Gasteiger partial charge on any atom is 0.230 e. The van der Waals surface area contributed by atoms with Gasteiger partial charge in [-0.25, -0.2) is 0 Å². The van der Waals surface area contributed by atoms with Crippen LogP contribution in [0.5, 0.6) is 0 Å². The Bertz CT molecular complexity index is 775. The third-order valence-corrected chi connectivity index (χ3v) is 5.75. The number of aromatic nitrogens is 1. The first kappa shape index (κ1) is 16.3. The summed E-state index contributed by atoms with van der Waals surface area (Å²) in [4.78, 5) is 14.3. The van der Waals surface area contributed by atoms with Gasteiger partial charge in [0.25, 0.3) is 0 Å². The molecule has 1 aromatic carbocycles. The van der Waals surface area contributed by atoms with Gasteiger partial charge in [-0.05, 0) is 24.3 Å². The Morgan fingerprint density at radius 1 is 1.40 bits per heavy atom. The standard InChI is InChI=1S/C19H22N2O4/c1-12-7-14(25-20-12)8-17(24)21-9-16(23)19(11-21)15(10-22)18(19)13-5-3-2-4-6-13/h2-7,15-16,18,22-23H,8-11H2,1H3/t15-,16-,18-,19-/m1/s1. The van der Waals surface area contributed by atoms with Crippen molar-refractivity contribution in [3.05, 3.63) is 53.4 Å². The maximum atomic E-state index is 12.6. The number of hydrogen-bond donors (Lipinski definition) is 2. The number of aliphatic hydroxyl groups excluding tert-OH is 2. The molecule has 2 N–H and O–H groups in total. The van der Waals surface area contributed by atoms with E-state index in [1.165, 1.54) is 0 Å². The van der Waals surface area contributed by atoms with Gasteiger partial charge in [0.2, 0.25) is 5.91 Å².